The van der Waals surface area contributed by atoms with Crippen molar-refractivity contribution in [2.24, 2.45) is 0 Å². The van der Waals surface area contributed by atoms with Crippen molar-refractivity contribution in [1.82, 2.24) is 0 Å². The standard InChI is InChI=1S/C18H17NO3S/c1-2-21-15-10-8-14(9-11-15)12-17(23-13-19)18(20)22-16-6-4-3-5-7-16/h3-11,17H,2,12H2,1H3. The van der Waals surface area contributed by atoms with E-state index < -0.39 is 11.2 Å². The largest absolute Gasteiger partial charge is 0.494 e. The van der Waals surface area contributed by atoms with Crippen molar-refractivity contribution >= 4 is 17.7 Å². The molecule has 118 valence electrons. The molecule has 0 heterocycles. The molecule has 1 atom stereocenters. The fourth-order valence-corrected chi connectivity index (χ4v) is 2.56. The van der Waals surface area contributed by atoms with Gasteiger partial charge in [0.05, 0.1) is 6.61 Å². The number of carbonyl (C=O) groups is 1. The summed E-state index contributed by atoms with van der Waals surface area (Å²) >= 11 is 0.913. The van der Waals surface area contributed by atoms with E-state index in [0.29, 0.717) is 18.8 Å². The molecule has 0 spiro atoms. The molecule has 0 bridgehead atoms. The number of rotatable bonds is 7. The van der Waals surface area contributed by atoms with Crippen molar-refractivity contribution in [3.8, 4) is 16.9 Å². The smallest absolute Gasteiger partial charge is 0.325 e. The summed E-state index contributed by atoms with van der Waals surface area (Å²) in [5.74, 6) is 0.844. The van der Waals surface area contributed by atoms with E-state index in [4.69, 9.17) is 14.7 Å². The zero-order valence-electron chi connectivity index (χ0n) is 12.8. The summed E-state index contributed by atoms with van der Waals surface area (Å²) in [6.07, 6.45) is 0.427. The van der Waals surface area contributed by atoms with Crippen LogP contribution in [0.2, 0.25) is 0 Å². The summed E-state index contributed by atoms with van der Waals surface area (Å²) < 4.78 is 10.7. The van der Waals surface area contributed by atoms with Crippen molar-refractivity contribution < 1.29 is 14.3 Å². The number of benzene rings is 2. The number of thiocyanates is 1. The Bertz CT molecular complexity index is 665. The highest BCUT2D eigenvalue weighted by molar-refractivity contribution is 8.04. The maximum Gasteiger partial charge on any atom is 0.325 e. The van der Waals surface area contributed by atoms with Gasteiger partial charge in [-0.2, -0.15) is 5.26 Å². The summed E-state index contributed by atoms with van der Waals surface area (Å²) in [6.45, 7) is 2.53. The Kier molecular flexibility index (Phi) is 6.52. The molecule has 2 rings (SSSR count). The van der Waals surface area contributed by atoms with E-state index in [0.717, 1.165) is 23.1 Å². The molecule has 0 aromatic heterocycles. The van der Waals surface area contributed by atoms with Crippen molar-refractivity contribution in [2.45, 2.75) is 18.6 Å². The van der Waals surface area contributed by atoms with Crippen LogP contribution in [0.5, 0.6) is 11.5 Å². The van der Waals surface area contributed by atoms with Crippen LogP contribution in [-0.2, 0) is 11.2 Å². The van der Waals surface area contributed by atoms with Crippen LogP contribution in [0.3, 0.4) is 0 Å². The molecule has 0 aliphatic carbocycles. The second-order valence-corrected chi connectivity index (χ2v) is 5.70. The third-order valence-corrected chi connectivity index (χ3v) is 3.82. The van der Waals surface area contributed by atoms with Gasteiger partial charge in [-0.25, -0.2) is 0 Å². The van der Waals surface area contributed by atoms with Gasteiger partial charge >= 0.3 is 5.97 Å². The van der Waals surface area contributed by atoms with Crippen LogP contribution in [0.25, 0.3) is 0 Å². The predicted molar refractivity (Wildman–Crippen MR) is 90.4 cm³/mol. The average Bonchev–Trinajstić information content (AvgIpc) is 2.57. The Morgan fingerprint density at radius 2 is 1.83 bits per heavy atom. The number of esters is 1. The van der Waals surface area contributed by atoms with Gasteiger partial charge in [0.2, 0.25) is 0 Å². The first-order valence-electron chi connectivity index (χ1n) is 7.26. The molecule has 4 nitrogen and oxygen atoms in total. The topological polar surface area (TPSA) is 59.3 Å². The molecule has 0 aliphatic heterocycles. The van der Waals surface area contributed by atoms with Crippen LogP contribution in [0.4, 0.5) is 0 Å². The average molecular weight is 327 g/mol. The SMILES string of the molecule is CCOc1ccc(CC(SC#N)C(=O)Oc2ccccc2)cc1. The fraction of sp³-hybridized carbons (Fsp3) is 0.222. The van der Waals surface area contributed by atoms with E-state index in [2.05, 4.69) is 0 Å². The molecule has 0 aliphatic rings. The monoisotopic (exact) mass is 327 g/mol. The van der Waals surface area contributed by atoms with E-state index in [9.17, 15) is 4.79 Å². The van der Waals surface area contributed by atoms with Crippen LogP contribution < -0.4 is 9.47 Å². The van der Waals surface area contributed by atoms with Crippen LogP contribution in [0.15, 0.2) is 54.6 Å². The molecule has 23 heavy (non-hydrogen) atoms. The summed E-state index contributed by atoms with van der Waals surface area (Å²) in [5.41, 5.74) is 0.950. The van der Waals surface area contributed by atoms with Gasteiger partial charge in [-0.3, -0.25) is 4.79 Å². The quantitative estimate of drug-likeness (QED) is 0.439. The minimum Gasteiger partial charge on any atom is -0.494 e. The van der Waals surface area contributed by atoms with Crippen LogP contribution in [0.1, 0.15) is 12.5 Å². The number of carbonyl (C=O) groups excluding carboxylic acids is 1. The third-order valence-electron chi connectivity index (χ3n) is 3.07. The van der Waals surface area contributed by atoms with Crippen LogP contribution in [-0.4, -0.2) is 17.8 Å². The van der Waals surface area contributed by atoms with Gasteiger partial charge in [0, 0.05) is 0 Å². The molecule has 2 aromatic rings. The fourth-order valence-electron chi connectivity index (χ4n) is 2.01. The normalized spacial score (nSPS) is 11.3. The van der Waals surface area contributed by atoms with E-state index in [1.807, 2.05) is 42.7 Å². The molecule has 1 unspecified atom stereocenters. The molecule has 0 N–H and O–H groups in total. The minimum absolute atomic E-state index is 0.420. The van der Waals surface area contributed by atoms with Gasteiger partial charge in [-0.1, -0.05) is 30.3 Å². The lowest BCUT2D eigenvalue weighted by Crippen LogP contribution is -2.24. The van der Waals surface area contributed by atoms with Crippen LogP contribution in [0, 0.1) is 10.7 Å². The van der Waals surface area contributed by atoms with Gasteiger partial charge < -0.3 is 9.47 Å². The van der Waals surface area contributed by atoms with E-state index in [1.54, 1.807) is 24.3 Å². The number of para-hydroxylation sites is 1. The molecule has 0 fully saturated rings. The first kappa shape index (κ1) is 16.9. The highest BCUT2D eigenvalue weighted by atomic mass is 32.2. The summed E-state index contributed by atoms with van der Waals surface area (Å²) in [4.78, 5) is 12.3. The molecule has 0 saturated carbocycles. The highest BCUT2D eigenvalue weighted by Gasteiger charge is 2.22. The van der Waals surface area contributed by atoms with Crippen molar-refractivity contribution in [3.63, 3.8) is 0 Å². The summed E-state index contributed by atoms with van der Waals surface area (Å²) in [6, 6.07) is 16.4. The zero-order chi connectivity index (χ0) is 16.5. The van der Waals surface area contributed by atoms with E-state index in [-0.39, 0.29) is 0 Å². The number of thioether (sulfide) groups is 1. The summed E-state index contributed by atoms with van der Waals surface area (Å²) in [5, 5.41) is 10.3. The maximum atomic E-state index is 12.3. The van der Waals surface area contributed by atoms with Crippen molar-refractivity contribution in [1.29, 1.82) is 5.26 Å². The first-order valence-corrected chi connectivity index (χ1v) is 8.14. The lowest BCUT2D eigenvalue weighted by molar-refractivity contribution is -0.133. The van der Waals surface area contributed by atoms with E-state index >= 15 is 0 Å². The molecule has 5 heteroatoms. The second-order valence-electron chi connectivity index (χ2n) is 4.71. The Morgan fingerprint density at radius 1 is 1.13 bits per heavy atom. The van der Waals surface area contributed by atoms with Crippen molar-refractivity contribution in [3.05, 3.63) is 60.2 Å². The molecule has 0 amide bonds. The number of nitrogens with zero attached hydrogens (tertiary/aromatic N) is 1. The van der Waals surface area contributed by atoms with Gasteiger partial charge in [0.1, 0.15) is 22.2 Å². The molecular formula is C18H17NO3S. The molecule has 2 aromatic carbocycles. The number of hydrogen-bond donors (Lipinski definition) is 0. The Morgan fingerprint density at radius 3 is 2.43 bits per heavy atom. The maximum absolute atomic E-state index is 12.3. The van der Waals surface area contributed by atoms with Gasteiger partial charge in [-0.15, -0.1) is 0 Å². The lowest BCUT2D eigenvalue weighted by Gasteiger charge is -2.13. The Balaban J connectivity index is 2.03. The second kappa shape index (κ2) is 8.86. The number of ether oxygens (including phenoxy) is 2. The Labute approximate surface area is 140 Å². The van der Waals surface area contributed by atoms with E-state index in [1.165, 1.54) is 0 Å². The highest BCUT2D eigenvalue weighted by Crippen LogP contribution is 2.21. The molecule has 0 radical (unpaired) electrons. The third kappa shape index (κ3) is 5.35. The van der Waals surface area contributed by atoms with Crippen molar-refractivity contribution in [2.75, 3.05) is 6.61 Å². The number of nitriles is 1. The minimum atomic E-state index is -0.571. The number of hydrogen-bond acceptors (Lipinski definition) is 5. The lowest BCUT2D eigenvalue weighted by atomic mass is 10.1. The molecular weight excluding hydrogens is 310 g/mol. The molecule has 0 saturated heterocycles. The van der Waals surface area contributed by atoms with Crippen LogP contribution >= 0.6 is 11.8 Å². The predicted octanol–water partition coefficient (Wildman–Crippen LogP) is 3.82. The van der Waals surface area contributed by atoms with Gasteiger partial charge in [-0.05, 0) is 54.9 Å². The summed E-state index contributed by atoms with van der Waals surface area (Å²) in [7, 11) is 0. The Hall–Kier alpha value is -2.45. The zero-order valence-corrected chi connectivity index (χ0v) is 13.6. The van der Waals surface area contributed by atoms with Gasteiger partial charge in [0.15, 0.2) is 0 Å². The van der Waals surface area contributed by atoms with Gasteiger partial charge in [0.25, 0.3) is 0 Å². The first-order chi connectivity index (χ1) is 11.2.